The molecule has 8 heteroatoms. The molecule has 0 aliphatic carbocycles. The normalized spacial score (nSPS) is 11.9. The molecule has 0 radical (unpaired) electrons. The highest BCUT2D eigenvalue weighted by Crippen LogP contribution is 2.21. The molecule has 2 aromatic rings. The Kier molecular flexibility index (Phi) is 5.10. The van der Waals surface area contributed by atoms with Crippen LogP contribution in [0.2, 0.25) is 0 Å². The minimum absolute atomic E-state index is 0.00212. The number of nitrogens with one attached hydrogen (secondary N) is 1. The number of amides is 1. The van der Waals surface area contributed by atoms with Gasteiger partial charge in [0.1, 0.15) is 0 Å². The summed E-state index contributed by atoms with van der Waals surface area (Å²) in [7, 11) is -6.74. The Labute approximate surface area is 141 Å². The van der Waals surface area contributed by atoms with Crippen LogP contribution in [0.1, 0.15) is 5.56 Å². The smallest absolute Gasteiger partial charge is 0.228 e. The summed E-state index contributed by atoms with van der Waals surface area (Å²) >= 11 is 0. The zero-order chi connectivity index (χ0) is 18.0. The lowest BCUT2D eigenvalue weighted by Gasteiger charge is -2.10. The van der Waals surface area contributed by atoms with Gasteiger partial charge >= 0.3 is 0 Å². The van der Waals surface area contributed by atoms with E-state index in [0.29, 0.717) is 5.56 Å². The molecular weight excluding hydrogens is 350 g/mol. The van der Waals surface area contributed by atoms with E-state index in [1.54, 1.807) is 24.3 Å². The first-order valence-corrected chi connectivity index (χ1v) is 10.7. The maximum absolute atomic E-state index is 12.1. The fraction of sp³-hybridized carbons (Fsp3) is 0.188. The molecule has 0 atom stereocenters. The van der Waals surface area contributed by atoms with Crippen LogP contribution in [0.25, 0.3) is 0 Å². The summed E-state index contributed by atoms with van der Waals surface area (Å²) in [6, 6.07) is 12.1. The largest absolute Gasteiger partial charge is 0.325 e. The second-order valence-corrected chi connectivity index (χ2v) is 9.41. The van der Waals surface area contributed by atoms with Crippen molar-refractivity contribution in [3.8, 4) is 0 Å². The third-order valence-corrected chi connectivity index (χ3v) is 5.56. The van der Waals surface area contributed by atoms with Crippen molar-refractivity contribution < 1.29 is 21.6 Å². The summed E-state index contributed by atoms with van der Waals surface area (Å²) in [6.45, 7) is 0. The van der Waals surface area contributed by atoms with E-state index in [-0.39, 0.29) is 21.9 Å². The molecular formula is C16H17NO5S2. The van der Waals surface area contributed by atoms with Crippen molar-refractivity contribution in [2.75, 3.05) is 17.8 Å². The summed E-state index contributed by atoms with van der Waals surface area (Å²) in [5.41, 5.74) is 0.842. The number of benzene rings is 2. The highest BCUT2D eigenvalue weighted by Gasteiger charge is 2.15. The SMILES string of the molecule is CS(=O)(=O)c1ccc(CC(=O)Nc2ccccc2S(C)(=O)=O)cc1. The molecule has 0 aromatic heterocycles. The predicted molar refractivity (Wildman–Crippen MR) is 91.4 cm³/mol. The van der Waals surface area contributed by atoms with Crippen molar-refractivity contribution >= 4 is 31.3 Å². The summed E-state index contributed by atoms with van der Waals surface area (Å²) in [4.78, 5) is 12.3. The number of rotatable bonds is 5. The molecule has 1 amide bonds. The van der Waals surface area contributed by atoms with Gasteiger partial charge in [-0.2, -0.15) is 0 Å². The van der Waals surface area contributed by atoms with Crippen LogP contribution in [-0.4, -0.2) is 35.3 Å². The van der Waals surface area contributed by atoms with E-state index in [1.165, 1.54) is 24.3 Å². The maximum Gasteiger partial charge on any atom is 0.228 e. The summed E-state index contributed by atoms with van der Waals surface area (Å²) in [5, 5.41) is 2.57. The Hall–Kier alpha value is -2.19. The van der Waals surface area contributed by atoms with Gasteiger partial charge in [0.05, 0.1) is 21.9 Å². The Morgan fingerprint density at radius 2 is 1.46 bits per heavy atom. The lowest BCUT2D eigenvalue weighted by Crippen LogP contribution is -2.16. The van der Waals surface area contributed by atoms with E-state index in [2.05, 4.69) is 5.32 Å². The Morgan fingerprint density at radius 1 is 0.875 bits per heavy atom. The highest BCUT2D eigenvalue weighted by atomic mass is 32.2. The average molecular weight is 367 g/mol. The third-order valence-electron chi connectivity index (χ3n) is 3.28. The summed E-state index contributed by atoms with van der Waals surface area (Å²) < 4.78 is 46.2. The fourth-order valence-electron chi connectivity index (χ4n) is 2.13. The molecule has 2 rings (SSSR count). The lowest BCUT2D eigenvalue weighted by atomic mass is 10.1. The highest BCUT2D eigenvalue weighted by molar-refractivity contribution is 7.91. The van der Waals surface area contributed by atoms with Gasteiger partial charge in [0, 0.05) is 12.5 Å². The van der Waals surface area contributed by atoms with Crippen LogP contribution in [-0.2, 0) is 30.9 Å². The quantitative estimate of drug-likeness (QED) is 0.867. The topological polar surface area (TPSA) is 97.4 Å². The minimum Gasteiger partial charge on any atom is -0.325 e. The molecule has 24 heavy (non-hydrogen) atoms. The molecule has 0 saturated heterocycles. The Bertz CT molecular complexity index is 962. The van der Waals surface area contributed by atoms with E-state index in [1.807, 2.05) is 0 Å². The molecule has 1 N–H and O–H groups in total. The van der Waals surface area contributed by atoms with Gasteiger partial charge in [0.15, 0.2) is 19.7 Å². The minimum atomic E-state index is -3.46. The number of para-hydroxylation sites is 1. The molecule has 128 valence electrons. The zero-order valence-electron chi connectivity index (χ0n) is 13.2. The molecule has 0 spiro atoms. The number of hydrogen-bond acceptors (Lipinski definition) is 5. The van der Waals surface area contributed by atoms with Crippen molar-refractivity contribution in [1.29, 1.82) is 0 Å². The van der Waals surface area contributed by atoms with Crippen LogP contribution in [0.5, 0.6) is 0 Å². The molecule has 6 nitrogen and oxygen atoms in total. The summed E-state index contributed by atoms with van der Waals surface area (Å²) in [6.07, 6.45) is 2.18. The molecule has 0 heterocycles. The first-order valence-electron chi connectivity index (χ1n) is 6.95. The van der Waals surface area contributed by atoms with Crippen molar-refractivity contribution in [2.45, 2.75) is 16.2 Å². The van der Waals surface area contributed by atoms with Gasteiger partial charge in [-0.1, -0.05) is 24.3 Å². The monoisotopic (exact) mass is 367 g/mol. The van der Waals surface area contributed by atoms with E-state index in [0.717, 1.165) is 12.5 Å². The average Bonchev–Trinajstić information content (AvgIpc) is 2.46. The molecule has 0 saturated carbocycles. The molecule has 0 fully saturated rings. The van der Waals surface area contributed by atoms with Crippen LogP contribution >= 0.6 is 0 Å². The van der Waals surface area contributed by atoms with Gasteiger partial charge in [-0.25, -0.2) is 16.8 Å². The molecule has 2 aromatic carbocycles. The number of anilines is 1. The molecule has 0 unspecified atom stereocenters. The number of sulfone groups is 2. The van der Waals surface area contributed by atoms with Crippen LogP contribution in [0.4, 0.5) is 5.69 Å². The van der Waals surface area contributed by atoms with Crippen LogP contribution in [0.3, 0.4) is 0 Å². The molecule has 0 aliphatic heterocycles. The lowest BCUT2D eigenvalue weighted by molar-refractivity contribution is -0.115. The van der Waals surface area contributed by atoms with Gasteiger partial charge in [-0.05, 0) is 29.8 Å². The number of hydrogen-bond donors (Lipinski definition) is 1. The number of carbonyl (C=O) groups excluding carboxylic acids is 1. The van der Waals surface area contributed by atoms with Crippen LogP contribution in [0.15, 0.2) is 58.3 Å². The predicted octanol–water partition coefficient (Wildman–Crippen LogP) is 1.67. The zero-order valence-corrected chi connectivity index (χ0v) is 14.8. The Balaban J connectivity index is 2.15. The van der Waals surface area contributed by atoms with E-state index >= 15 is 0 Å². The van der Waals surface area contributed by atoms with Gasteiger partial charge in [-0.15, -0.1) is 0 Å². The first-order chi connectivity index (χ1) is 11.1. The van der Waals surface area contributed by atoms with Gasteiger partial charge in [0.25, 0.3) is 0 Å². The Morgan fingerprint density at radius 3 is 2.00 bits per heavy atom. The number of carbonyl (C=O) groups is 1. The second kappa shape index (κ2) is 6.74. The van der Waals surface area contributed by atoms with E-state index < -0.39 is 25.6 Å². The first kappa shape index (κ1) is 18.2. The van der Waals surface area contributed by atoms with Crippen molar-refractivity contribution in [3.05, 3.63) is 54.1 Å². The fourth-order valence-corrected chi connectivity index (χ4v) is 3.60. The van der Waals surface area contributed by atoms with Gasteiger partial charge < -0.3 is 5.32 Å². The molecule has 0 bridgehead atoms. The summed E-state index contributed by atoms with van der Waals surface area (Å²) in [5.74, 6) is -0.391. The van der Waals surface area contributed by atoms with Crippen LogP contribution in [0, 0.1) is 0 Å². The molecule has 0 aliphatic rings. The van der Waals surface area contributed by atoms with Crippen molar-refractivity contribution in [3.63, 3.8) is 0 Å². The van der Waals surface area contributed by atoms with Crippen molar-refractivity contribution in [2.24, 2.45) is 0 Å². The van der Waals surface area contributed by atoms with Gasteiger partial charge in [0.2, 0.25) is 5.91 Å². The second-order valence-electron chi connectivity index (χ2n) is 5.41. The van der Waals surface area contributed by atoms with Gasteiger partial charge in [-0.3, -0.25) is 4.79 Å². The van der Waals surface area contributed by atoms with E-state index in [4.69, 9.17) is 0 Å². The van der Waals surface area contributed by atoms with E-state index in [9.17, 15) is 21.6 Å². The third kappa shape index (κ3) is 4.65. The van der Waals surface area contributed by atoms with Crippen LogP contribution < -0.4 is 5.32 Å². The van der Waals surface area contributed by atoms with Crippen molar-refractivity contribution in [1.82, 2.24) is 0 Å². The standard InChI is InChI=1S/C16H17NO5S2/c1-23(19,20)13-9-7-12(8-10-13)11-16(18)17-14-5-3-4-6-15(14)24(2,21)22/h3-10H,11H2,1-2H3,(H,17,18). The maximum atomic E-state index is 12.1.